The van der Waals surface area contributed by atoms with E-state index >= 15 is 0 Å². The van der Waals surface area contributed by atoms with E-state index in [9.17, 15) is 9.18 Å². The van der Waals surface area contributed by atoms with E-state index < -0.39 is 5.82 Å². The van der Waals surface area contributed by atoms with E-state index in [1.165, 1.54) is 22.8 Å². The number of rotatable bonds is 5. The Kier molecular flexibility index (Phi) is 5.97. The molecule has 1 fully saturated rings. The fourth-order valence-electron chi connectivity index (χ4n) is 4.23. The quantitative estimate of drug-likeness (QED) is 0.466. The SMILES string of the molecule is Cn1c(Oc2ccccc2)nc2nc(N3CCC[C@@H](N)C3)n(Cc3cc(F)ccc3Cl)c2c1=O. The van der Waals surface area contributed by atoms with Crippen molar-refractivity contribution in [3.8, 4) is 11.8 Å². The minimum atomic E-state index is -0.407. The van der Waals surface area contributed by atoms with E-state index in [1.807, 2.05) is 23.1 Å². The minimum absolute atomic E-state index is 0.00691. The molecule has 8 nitrogen and oxygen atoms in total. The van der Waals surface area contributed by atoms with Crippen LogP contribution in [0.2, 0.25) is 5.02 Å². The summed E-state index contributed by atoms with van der Waals surface area (Å²) in [6.45, 7) is 1.49. The molecule has 0 aliphatic carbocycles. The van der Waals surface area contributed by atoms with E-state index in [2.05, 4.69) is 4.98 Å². The van der Waals surface area contributed by atoms with Gasteiger partial charge >= 0.3 is 6.01 Å². The average Bonchev–Trinajstić information content (AvgIpc) is 3.18. The van der Waals surface area contributed by atoms with Crippen molar-refractivity contribution in [3.05, 3.63) is 75.3 Å². The largest absolute Gasteiger partial charge is 0.425 e. The third kappa shape index (κ3) is 4.24. The zero-order valence-electron chi connectivity index (χ0n) is 18.6. The van der Waals surface area contributed by atoms with Crippen LogP contribution in [0, 0.1) is 5.82 Å². The summed E-state index contributed by atoms with van der Waals surface area (Å²) >= 11 is 6.36. The molecule has 176 valence electrons. The first kappa shape index (κ1) is 22.4. The second-order valence-electron chi connectivity index (χ2n) is 8.43. The molecule has 1 aliphatic heterocycles. The fraction of sp³-hybridized carbons (Fsp3) is 0.292. The number of anilines is 1. The van der Waals surface area contributed by atoms with Crippen molar-refractivity contribution in [1.82, 2.24) is 19.1 Å². The maximum absolute atomic E-state index is 14.0. The number of hydrogen-bond acceptors (Lipinski definition) is 6. The highest BCUT2D eigenvalue weighted by atomic mass is 35.5. The molecule has 1 atom stereocenters. The summed E-state index contributed by atoms with van der Waals surface area (Å²) in [6, 6.07) is 13.4. The summed E-state index contributed by atoms with van der Waals surface area (Å²) in [4.78, 5) is 24.8. The molecule has 1 aliphatic rings. The maximum Gasteiger partial charge on any atom is 0.306 e. The summed E-state index contributed by atoms with van der Waals surface area (Å²) in [7, 11) is 1.59. The van der Waals surface area contributed by atoms with Gasteiger partial charge in [-0.3, -0.25) is 13.9 Å². The van der Waals surface area contributed by atoms with Crippen LogP contribution in [-0.2, 0) is 13.6 Å². The Labute approximate surface area is 200 Å². The Hall–Kier alpha value is -3.43. The predicted octanol–water partition coefficient (Wildman–Crippen LogP) is 3.69. The van der Waals surface area contributed by atoms with Gasteiger partial charge in [0.1, 0.15) is 11.6 Å². The zero-order valence-corrected chi connectivity index (χ0v) is 19.4. The molecule has 0 bridgehead atoms. The molecule has 2 aromatic carbocycles. The standard InChI is InChI=1S/C24H24ClFN6O2/c1-30-22(33)20-21(29-24(30)34-18-7-3-2-4-8-18)28-23(31-11-5-6-17(27)14-31)32(20)13-15-12-16(26)9-10-19(15)25/h2-4,7-10,12,17H,5-6,11,13-14,27H2,1H3/t17-/m1/s1. The lowest BCUT2D eigenvalue weighted by molar-refractivity contribution is 0.415. The lowest BCUT2D eigenvalue weighted by Crippen LogP contribution is -2.44. The highest BCUT2D eigenvalue weighted by Gasteiger charge is 2.26. The van der Waals surface area contributed by atoms with Gasteiger partial charge in [-0.2, -0.15) is 9.97 Å². The highest BCUT2D eigenvalue weighted by molar-refractivity contribution is 6.31. The van der Waals surface area contributed by atoms with Gasteiger partial charge in [0.2, 0.25) is 5.95 Å². The molecule has 34 heavy (non-hydrogen) atoms. The van der Waals surface area contributed by atoms with Crippen molar-refractivity contribution in [2.75, 3.05) is 18.0 Å². The number of para-hydroxylation sites is 1. The monoisotopic (exact) mass is 482 g/mol. The first-order valence-corrected chi connectivity index (χ1v) is 11.4. The summed E-state index contributed by atoms with van der Waals surface area (Å²) in [6.07, 6.45) is 1.82. The van der Waals surface area contributed by atoms with Crippen LogP contribution in [0.25, 0.3) is 11.2 Å². The first-order valence-electron chi connectivity index (χ1n) is 11.1. The number of fused-ring (bicyclic) bond motifs is 1. The number of nitrogens with zero attached hydrogens (tertiary/aromatic N) is 5. The topological polar surface area (TPSA) is 91.2 Å². The lowest BCUT2D eigenvalue weighted by Gasteiger charge is -2.32. The average molecular weight is 483 g/mol. The van der Waals surface area contributed by atoms with Crippen LogP contribution < -0.4 is 20.9 Å². The Balaban J connectivity index is 1.67. The van der Waals surface area contributed by atoms with Crippen molar-refractivity contribution in [3.63, 3.8) is 0 Å². The van der Waals surface area contributed by atoms with Crippen molar-refractivity contribution in [1.29, 1.82) is 0 Å². The molecule has 0 radical (unpaired) electrons. The van der Waals surface area contributed by atoms with E-state index in [-0.39, 0.29) is 35.3 Å². The van der Waals surface area contributed by atoms with E-state index in [4.69, 9.17) is 27.1 Å². The normalized spacial score (nSPS) is 16.2. The molecule has 3 heterocycles. The van der Waals surface area contributed by atoms with Crippen LogP contribution >= 0.6 is 11.6 Å². The molecule has 4 aromatic rings. The molecule has 2 N–H and O–H groups in total. The predicted molar refractivity (Wildman–Crippen MR) is 129 cm³/mol. The van der Waals surface area contributed by atoms with Crippen LogP contribution in [0.4, 0.5) is 10.3 Å². The number of hydrogen-bond donors (Lipinski definition) is 1. The zero-order chi connectivity index (χ0) is 23.8. The number of imidazole rings is 1. The van der Waals surface area contributed by atoms with E-state index in [0.717, 1.165) is 19.4 Å². The van der Waals surface area contributed by atoms with Gasteiger partial charge in [-0.15, -0.1) is 0 Å². The Morgan fingerprint density at radius 2 is 2.00 bits per heavy atom. The van der Waals surface area contributed by atoms with Crippen molar-refractivity contribution < 1.29 is 9.13 Å². The maximum atomic E-state index is 14.0. The van der Waals surface area contributed by atoms with Gasteiger partial charge in [-0.05, 0) is 48.7 Å². The number of benzene rings is 2. The summed E-state index contributed by atoms with van der Waals surface area (Å²) < 4.78 is 22.9. The molecule has 0 unspecified atom stereocenters. The van der Waals surface area contributed by atoms with Crippen LogP contribution in [0.3, 0.4) is 0 Å². The Morgan fingerprint density at radius 1 is 1.21 bits per heavy atom. The third-order valence-corrected chi connectivity index (χ3v) is 6.32. The first-order chi connectivity index (χ1) is 16.4. The second-order valence-corrected chi connectivity index (χ2v) is 8.84. The Bertz CT molecular complexity index is 1400. The summed E-state index contributed by atoms with van der Waals surface area (Å²) in [5.41, 5.74) is 6.96. The van der Waals surface area contributed by atoms with Gasteiger partial charge in [-0.1, -0.05) is 29.8 Å². The van der Waals surface area contributed by atoms with Crippen molar-refractivity contribution in [2.24, 2.45) is 12.8 Å². The molecule has 0 saturated carbocycles. The second kappa shape index (κ2) is 9.08. The molecular formula is C24H24ClFN6O2. The van der Waals surface area contributed by atoms with Gasteiger partial charge in [0.15, 0.2) is 11.2 Å². The smallest absolute Gasteiger partial charge is 0.306 e. The number of aromatic nitrogens is 4. The van der Waals surface area contributed by atoms with Crippen LogP contribution in [0.5, 0.6) is 11.8 Å². The van der Waals surface area contributed by atoms with Gasteiger partial charge in [0, 0.05) is 31.2 Å². The van der Waals surface area contributed by atoms with Gasteiger partial charge in [0.05, 0.1) is 6.54 Å². The molecule has 0 amide bonds. The number of nitrogens with two attached hydrogens (primary N) is 1. The third-order valence-electron chi connectivity index (χ3n) is 5.95. The molecule has 5 rings (SSSR count). The van der Waals surface area contributed by atoms with Gasteiger partial charge in [0.25, 0.3) is 5.56 Å². The van der Waals surface area contributed by atoms with Gasteiger partial charge in [-0.25, -0.2) is 4.39 Å². The van der Waals surface area contributed by atoms with Crippen molar-refractivity contribution in [2.45, 2.75) is 25.4 Å². The van der Waals surface area contributed by atoms with Crippen molar-refractivity contribution >= 4 is 28.7 Å². The fourth-order valence-corrected chi connectivity index (χ4v) is 4.41. The molecule has 1 saturated heterocycles. The van der Waals surface area contributed by atoms with E-state index in [1.54, 1.807) is 23.7 Å². The molecule has 2 aromatic heterocycles. The number of piperidine rings is 1. The summed E-state index contributed by atoms with van der Waals surface area (Å²) in [5.74, 6) is 0.694. The van der Waals surface area contributed by atoms with E-state index in [0.29, 0.717) is 28.8 Å². The molecule has 0 spiro atoms. The lowest BCUT2D eigenvalue weighted by atomic mass is 10.1. The summed E-state index contributed by atoms with van der Waals surface area (Å²) in [5, 5.41) is 0.401. The Morgan fingerprint density at radius 3 is 2.76 bits per heavy atom. The van der Waals surface area contributed by atoms with Crippen LogP contribution in [0.1, 0.15) is 18.4 Å². The minimum Gasteiger partial charge on any atom is -0.425 e. The number of halogens is 2. The number of ether oxygens (including phenoxy) is 1. The molecule has 10 heteroatoms. The van der Waals surface area contributed by atoms with Crippen LogP contribution in [-0.4, -0.2) is 38.2 Å². The molecular weight excluding hydrogens is 459 g/mol. The highest BCUT2D eigenvalue weighted by Crippen LogP contribution is 2.28. The van der Waals surface area contributed by atoms with Gasteiger partial charge < -0.3 is 15.4 Å². The van der Waals surface area contributed by atoms with Crippen LogP contribution in [0.15, 0.2) is 53.3 Å².